The first kappa shape index (κ1) is 16.5. The largest absolute Gasteiger partial charge is 0.373 e. The van der Waals surface area contributed by atoms with Crippen LogP contribution in [0.15, 0.2) is 24.3 Å². The molecule has 1 unspecified atom stereocenters. The summed E-state index contributed by atoms with van der Waals surface area (Å²) < 4.78 is 6.04. The van der Waals surface area contributed by atoms with Gasteiger partial charge in [0, 0.05) is 19.6 Å². The molecule has 1 aliphatic rings. The Balaban J connectivity index is 1.77. The van der Waals surface area contributed by atoms with Crippen LogP contribution in [-0.2, 0) is 11.3 Å². The van der Waals surface area contributed by atoms with Gasteiger partial charge in [0.15, 0.2) is 0 Å². The van der Waals surface area contributed by atoms with Gasteiger partial charge in [0.25, 0.3) is 0 Å². The molecular formula is C18H30N2O. The van der Waals surface area contributed by atoms with E-state index in [2.05, 4.69) is 55.4 Å². The number of nitrogens with zero attached hydrogens (tertiary/aromatic N) is 1. The number of hydrogen-bond acceptors (Lipinski definition) is 3. The first-order valence-corrected chi connectivity index (χ1v) is 8.28. The van der Waals surface area contributed by atoms with Crippen LogP contribution in [0.5, 0.6) is 0 Å². The first-order chi connectivity index (χ1) is 10.2. The third kappa shape index (κ3) is 5.42. The molecule has 1 atom stereocenters. The van der Waals surface area contributed by atoms with Crippen LogP contribution in [0.3, 0.4) is 0 Å². The number of likely N-dealkylation sites (N-methyl/N-ethyl adjacent to an activating group) is 1. The molecule has 1 saturated heterocycles. The minimum Gasteiger partial charge on any atom is -0.373 e. The predicted octanol–water partition coefficient (Wildman–Crippen LogP) is 3.01. The summed E-state index contributed by atoms with van der Waals surface area (Å²) in [6.45, 7) is 9.56. The van der Waals surface area contributed by atoms with Gasteiger partial charge in [0.2, 0.25) is 0 Å². The van der Waals surface area contributed by atoms with E-state index >= 15 is 0 Å². The number of likely N-dealkylation sites (tertiary alicyclic amines) is 1. The SMILES string of the molecule is CCNCC(C)c1ccc(COC2CCN(C)CC2)cc1. The molecule has 0 amide bonds. The first-order valence-electron chi connectivity index (χ1n) is 8.28. The number of hydrogen-bond donors (Lipinski definition) is 1. The van der Waals surface area contributed by atoms with Crippen LogP contribution >= 0.6 is 0 Å². The molecule has 1 heterocycles. The molecule has 0 bridgehead atoms. The fraction of sp³-hybridized carbons (Fsp3) is 0.667. The third-order valence-corrected chi connectivity index (χ3v) is 4.40. The fourth-order valence-electron chi connectivity index (χ4n) is 2.79. The topological polar surface area (TPSA) is 24.5 Å². The maximum absolute atomic E-state index is 6.04. The Morgan fingerprint density at radius 3 is 2.52 bits per heavy atom. The summed E-state index contributed by atoms with van der Waals surface area (Å²) in [5, 5.41) is 3.40. The minimum atomic E-state index is 0.438. The Morgan fingerprint density at radius 1 is 1.24 bits per heavy atom. The van der Waals surface area contributed by atoms with E-state index in [0.29, 0.717) is 12.0 Å². The van der Waals surface area contributed by atoms with E-state index < -0.39 is 0 Å². The number of rotatable bonds is 7. The van der Waals surface area contributed by atoms with Crippen LogP contribution in [0, 0.1) is 0 Å². The van der Waals surface area contributed by atoms with Gasteiger partial charge in [-0.15, -0.1) is 0 Å². The van der Waals surface area contributed by atoms with Gasteiger partial charge in [0.05, 0.1) is 12.7 Å². The van der Waals surface area contributed by atoms with Gasteiger partial charge in [-0.2, -0.15) is 0 Å². The standard InChI is InChI=1S/C18H30N2O/c1-4-19-13-15(2)17-7-5-16(6-8-17)14-21-18-9-11-20(3)12-10-18/h5-8,15,18-19H,4,9-14H2,1-3H3. The summed E-state index contributed by atoms with van der Waals surface area (Å²) >= 11 is 0. The van der Waals surface area contributed by atoms with E-state index in [1.54, 1.807) is 0 Å². The van der Waals surface area contributed by atoms with E-state index in [-0.39, 0.29) is 0 Å². The van der Waals surface area contributed by atoms with Gasteiger partial charge in [0.1, 0.15) is 0 Å². The van der Waals surface area contributed by atoms with Crippen LogP contribution in [-0.4, -0.2) is 44.2 Å². The Bertz CT molecular complexity index is 396. The lowest BCUT2D eigenvalue weighted by Gasteiger charge is -2.28. The van der Waals surface area contributed by atoms with Gasteiger partial charge < -0.3 is 15.0 Å². The molecule has 3 heteroatoms. The van der Waals surface area contributed by atoms with Crippen molar-refractivity contribution in [3.63, 3.8) is 0 Å². The summed E-state index contributed by atoms with van der Waals surface area (Å²) in [6, 6.07) is 8.92. The highest BCUT2D eigenvalue weighted by atomic mass is 16.5. The molecule has 1 N–H and O–H groups in total. The maximum Gasteiger partial charge on any atom is 0.0720 e. The number of nitrogens with one attached hydrogen (secondary N) is 1. The van der Waals surface area contributed by atoms with E-state index in [1.165, 1.54) is 11.1 Å². The predicted molar refractivity (Wildman–Crippen MR) is 88.7 cm³/mol. The van der Waals surface area contributed by atoms with Crippen LogP contribution < -0.4 is 5.32 Å². The van der Waals surface area contributed by atoms with Crippen molar-refractivity contribution in [3.8, 4) is 0 Å². The van der Waals surface area contributed by atoms with Crippen molar-refractivity contribution in [3.05, 3.63) is 35.4 Å². The summed E-state index contributed by atoms with van der Waals surface area (Å²) in [4.78, 5) is 2.38. The van der Waals surface area contributed by atoms with Gasteiger partial charge >= 0.3 is 0 Å². The Hall–Kier alpha value is -0.900. The molecule has 118 valence electrons. The minimum absolute atomic E-state index is 0.438. The van der Waals surface area contributed by atoms with Crippen molar-refractivity contribution in [1.29, 1.82) is 0 Å². The van der Waals surface area contributed by atoms with Gasteiger partial charge in [-0.05, 0) is 43.5 Å². The van der Waals surface area contributed by atoms with Crippen molar-refractivity contribution in [2.75, 3.05) is 33.2 Å². The van der Waals surface area contributed by atoms with E-state index in [1.807, 2.05) is 0 Å². The normalized spacial score (nSPS) is 18.8. The van der Waals surface area contributed by atoms with Crippen LogP contribution in [0.4, 0.5) is 0 Å². The molecule has 2 rings (SSSR count). The lowest BCUT2D eigenvalue weighted by atomic mass is 10.00. The zero-order chi connectivity index (χ0) is 15.1. The number of ether oxygens (including phenoxy) is 1. The van der Waals surface area contributed by atoms with Crippen LogP contribution in [0.2, 0.25) is 0 Å². The average molecular weight is 290 g/mol. The molecule has 0 aliphatic carbocycles. The Labute approximate surface area is 129 Å². The van der Waals surface area contributed by atoms with Crippen molar-refractivity contribution < 1.29 is 4.74 Å². The molecule has 0 aromatic heterocycles. The third-order valence-electron chi connectivity index (χ3n) is 4.40. The van der Waals surface area contributed by atoms with Gasteiger partial charge in [-0.1, -0.05) is 38.1 Å². The maximum atomic E-state index is 6.04. The highest BCUT2D eigenvalue weighted by Gasteiger charge is 2.16. The smallest absolute Gasteiger partial charge is 0.0720 e. The second kappa shape index (κ2) is 8.52. The average Bonchev–Trinajstić information content (AvgIpc) is 2.52. The van der Waals surface area contributed by atoms with Crippen molar-refractivity contribution in [2.24, 2.45) is 0 Å². The summed E-state index contributed by atoms with van der Waals surface area (Å²) in [5.74, 6) is 0.564. The second-order valence-electron chi connectivity index (χ2n) is 6.26. The molecule has 1 aliphatic heterocycles. The monoisotopic (exact) mass is 290 g/mol. The van der Waals surface area contributed by atoms with Crippen LogP contribution in [0.25, 0.3) is 0 Å². The van der Waals surface area contributed by atoms with E-state index in [9.17, 15) is 0 Å². The lowest BCUT2D eigenvalue weighted by molar-refractivity contribution is 0.00213. The fourth-order valence-corrected chi connectivity index (χ4v) is 2.79. The molecular weight excluding hydrogens is 260 g/mol. The molecule has 1 fully saturated rings. The highest BCUT2D eigenvalue weighted by Crippen LogP contribution is 2.18. The summed E-state index contributed by atoms with van der Waals surface area (Å²) in [6.07, 6.45) is 2.76. The Morgan fingerprint density at radius 2 is 1.90 bits per heavy atom. The molecule has 0 saturated carbocycles. The van der Waals surface area contributed by atoms with Crippen molar-refractivity contribution in [1.82, 2.24) is 10.2 Å². The molecule has 1 aromatic carbocycles. The molecule has 0 spiro atoms. The Kier molecular flexibility index (Phi) is 6.68. The quantitative estimate of drug-likeness (QED) is 0.835. The van der Waals surface area contributed by atoms with Crippen LogP contribution in [0.1, 0.15) is 43.7 Å². The van der Waals surface area contributed by atoms with E-state index in [0.717, 1.165) is 45.6 Å². The van der Waals surface area contributed by atoms with Gasteiger partial charge in [-0.3, -0.25) is 0 Å². The second-order valence-corrected chi connectivity index (χ2v) is 6.26. The zero-order valence-electron chi connectivity index (χ0n) is 13.8. The summed E-state index contributed by atoms with van der Waals surface area (Å²) in [5.41, 5.74) is 2.69. The lowest BCUT2D eigenvalue weighted by Crippen LogP contribution is -2.34. The summed E-state index contributed by atoms with van der Waals surface area (Å²) in [7, 11) is 2.18. The number of benzene rings is 1. The molecule has 3 nitrogen and oxygen atoms in total. The van der Waals surface area contributed by atoms with E-state index in [4.69, 9.17) is 4.74 Å². The molecule has 21 heavy (non-hydrogen) atoms. The molecule has 1 aromatic rings. The number of piperidine rings is 1. The van der Waals surface area contributed by atoms with Gasteiger partial charge in [-0.25, -0.2) is 0 Å². The zero-order valence-corrected chi connectivity index (χ0v) is 13.8. The van der Waals surface area contributed by atoms with Crippen molar-refractivity contribution >= 4 is 0 Å². The van der Waals surface area contributed by atoms with Crippen molar-refractivity contribution in [2.45, 2.75) is 45.3 Å². The highest BCUT2D eigenvalue weighted by molar-refractivity contribution is 5.24. The molecule has 0 radical (unpaired) electrons.